The van der Waals surface area contributed by atoms with Crippen LogP contribution in [0.5, 0.6) is 0 Å². The second-order valence-electron chi connectivity index (χ2n) is 5.04. The average molecular weight is 262 g/mol. The lowest BCUT2D eigenvalue weighted by atomic mass is 9.73. The topological polar surface area (TPSA) is 17.1 Å². The van der Waals surface area contributed by atoms with Gasteiger partial charge >= 0.3 is 0 Å². The molecule has 0 radical (unpaired) electrons. The van der Waals surface area contributed by atoms with Crippen LogP contribution in [0, 0.1) is 0 Å². The van der Waals surface area contributed by atoms with E-state index in [1.54, 1.807) is 0 Å². The number of hydrogen-bond donors (Lipinski definition) is 0. The van der Waals surface area contributed by atoms with Crippen LogP contribution in [0.2, 0.25) is 0 Å². The van der Waals surface area contributed by atoms with Gasteiger partial charge in [-0.25, -0.2) is 4.79 Å². The van der Waals surface area contributed by atoms with E-state index in [9.17, 15) is 4.79 Å². The zero-order chi connectivity index (χ0) is 13.0. The van der Waals surface area contributed by atoms with E-state index >= 15 is 0 Å². The van der Waals surface area contributed by atoms with Gasteiger partial charge in [0.2, 0.25) is 0 Å². The number of rotatable bonds is 0. The molecule has 1 nitrogen and oxygen atoms in total. The third-order valence-corrected chi connectivity index (χ3v) is 4.36. The zero-order valence-corrected chi connectivity index (χ0v) is 11.0. The largest absolute Gasteiger partial charge is 0.233 e. The Morgan fingerprint density at radius 3 is 3.00 bits per heavy atom. The van der Waals surface area contributed by atoms with Crippen LogP contribution in [-0.4, -0.2) is 10.8 Å². The van der Waals surface area contributed by atoms with E-state index in [1.165, 1.54) is 16.7 Å². The van der Waals surface area contributed by atoms with E-state index in [-0.39, 0.29) is 0 Å². The highest BCUT2D eigenvalue weighted by molar-refractivity contribution is 7.81. The highest BCUT2D eigenvalue weighted by Crippen LogP contribution is 2.45. The van der Waals surface area contributed by atoms with E-state index in [0.717, 1.165) is 17.6 Å². The molecule has 1 unspecified atom stereocenters. The fourth-order valence-electron chi connectivity index (χ4n) is 3.21. The minimum absolute atomic E-state index is 0.423. The lowest BCUT2D eigenvalue weighted by molar-refractivity contribution is 0.570. The molecule has 0 amide bonds. The summed E-state index contributed by atoms with van der Waals surface area (Å²) in [7, 11) is 0. The van der Waals surface area contributed by atoms with Crippen LogP contribution in [0.15, 0.2) is 36.4 Å². The van der Waals surface area contributed by atoms with Crippen LogP contribution >= 0.6 is 12.2 Å². The van der Waals surface area contributed by atoms with Crippen molar-refractivity contribution in [1.29, 1.82) is 0 Å². The second-order valence-corrected chi connectivity index (χ2v) is 5.48. The van der Waals surface area contributed by atoms with Gasteiger partial charge in [0.25, 0.3) is 0 Å². The lowest BCUT2D eigenvalue weighted by Crippen LogP contribution is -2.16. The molecule has 4 rings (SSSR count). The van der Waals surface area contributed by atoms with Gasteiger partial charge in [-0.3, -0.25) is 0 Å². The van der Waals surface area contributed by atoms with Gasteiger partial charge in [-0.05, 0) is 34.8 Å². The predicted octanol–water partition coefficient (Wildman–Crippen LogP) is 3.74. The molecule has 0 aliphatic heterocycles. The van der Waals surface area contributed by atoms with Crippen molar-refractivity contribution in [3.63, 3.8) is 0 Å². The van der Waals surface area contributed by atoms with Crippen molar-refractivity contribution in [1.82, 2.24) is 0 Å². The fourth-order valence-corrected chi connectivity index (χ4v) is 3.49. The number of carbonyl (C=O) groups excluding carboxylic acids is 1. The molecule has 0 fully saturated rings. The summed E-state index contributed by atoms with van der Waals surface area (Å²) in [5.74, 6) is 2.44. The van der Waals surface area contributed by atoms with Gasteiger partial charge in [0.15, 0.2) is 0 Å². The molecule has 0 aromatic heterocycles. The van der Waals surface area contributed by atoms with Gasteiger partial charge in [-0.1, -0.05) is 48.7 Å². The molecule has 1 atom stereocenters. The Labute approximate surface area is 116 Å². The first-order valence-electron chi connectivity index (χ1n) is 6.33. The van der Waals surface area contributed by atoms with Crippen molar-refractivity contribution in [3.8, 4) is 0 Å². The van der Waals surface area contributed by atoms with Gasteiger partial charge in [0, 0.05) is 11.5 Å². The third kappa shape index (κ3) is 1.36. The first kappa shape index (κ1) is 10.9. The minimum atomic E-state index is 0.423. The molecule has 0 spiro atoms. The fraction of sp³-hybridized carbons (Fsp3) is 0.118. The van der Waals surface area contributed by atoms with Gasteiger partial charge in [-0.2, -0.15) is 0 Å². The Hall–Kier alpha value is -2.02. The summed E-state index contributed by atoms with van der Waals surface area (Å²) in [6.07, 6.45) is 11.7. The van der Waals surface area contributed by atoms with E-state index in [0.29, 0.717) is 16.4 Å². The van der Waals surface area contributed by atoms with E-state index in [1.807, 2.05) is 18.1 Å². The predicted molar refractivity (Wildman–Crippen MR) is 81.6 cm³/mol. The molecule has 0 saturated carbocycles. The number of benzene rings is 1. The van der Waals surface area contributed by atoms with Gasteiger partial charge < -0.3 is 0 Å². The molecule has 0 saturated heterocycles. The molecular weight excluding hydrogens is 252 g/mol. The van der Waals surface area contributed by atoms with Crippen LogP contribution < -0.4 is 0 Å². The average Bonchev–Trinajstić information content (AvgIpc) is 2.44. The molecule has 0 N–H and O–H groups in total. The Balaban J connectivity index is 2.16. The number of thiocarbonyl (C=S) groups is 1. The Bertz CT molecular complexity index is 771. The maximum Gasteiger partial charge on any atom is 0.134 e. The molecular formula is C17H10OS. The van der Waals surface area contributed by atoms with Crippen LogP contribution in [0.3, 0.4) is 0 Å². The summed E-state index contributed by atoms with van der Waals surface area (Å²) < 4.78 is 0. The molecule has 3 aliphatic rings. The quantitative estimate of drug-likeness (QED) is 0.402. The molecule has 1 aromatic carbocycles. The maximum absolute atomic E-state index is 11.2. The Morgan fingerprint density at radius 2 is 2.16 bits per heavy atom. The Kier molecular flexibility index (Phi) is 2.14. The minimum Gasteiger partial charge on any atom is -0.233 e. The van der Waals surface area contributed by atoms with Crippen molar-refractivity contribution in [2.75, 3.05) is 0 Å². The van der Waals surface area contributed by atoms with Gasteiger partial charge in [-0.15, -0.1) is 0 Å². The van der Waals surface area contributed by atoms with Crippen molar-refractivity contribution in [2.24, 2.45) is 0 Å². The molecule has 3 aliphatic carbocycles. The smallest absolute Gasteiger partial charge is 0.134 e. The SMILES string of the molecule is O=C=C1C(=S)C=C2C=CC3CC=Cc4ccc1c2c43. The van der Waals surface area contributed by atoms with Crippen molar-refractivity contribution in [2.45, 2.75) is 12.3 Å². The van der Waals surface area contributed by atoms with Crippen LogP contribution in [0.25, 0.3) is 17.2 Å². The van der Waals surface area contributed by atoms with Crippen molar-refractivity contribution in [3.05, 3.63) is 58.7 Å². The summed E-state index contributed by atoms with van der Waals surface area (Å²) in [5.41, 5.74) is 6.37. The standard InChI is InChI=1S/C17H10OS/c18-9-14-13-7-6-11-3-1-2-10-4-5-12(8-15(14)19)17(13)16(10)11/h1,3-8,10H,2H2. The summed E-state index contributed by atoms with van der Waals surface area (Å²) in [4.78, 5) is 11.8. The summed E-state index contributed by atoms with van der Waals surface area (Å²) in [5, 5.41) is 0. The summed E-state index contributed by atoms with van der Waals surface area (Å²) in [6, 6.07) is 4.08. The van der Waals surface area contributed by atoms with Crippen LogP contribution in [0.1, 0.15) is 34.6 Å². The number of hydrogen-bond acceptors (Lipinski definition) is 2. The van der Waals surface area contributed by atoms with Gasteiger partial charge in [0.05, 0.1) is 10.4 Å². The second kappa shape index (κ2) is 3.74. The zero-order valence-electron chi connectivity index (χ0n) is 10.1. The van der Waals surface area contributed by atoms with Crippen molar-refractivity contribution < 1.29 is 4.79 Å². The first-order chi connectivity index (χ1) is 9.29. The first-order valence-corrected chi connectivity index (χ1v) is 6.74. The highest BCUT2D eigenvalue weighted by atomic mass is 32.1. The third-order valence-electron chi connectivity index (χ3n) is 4.04. The Morgan fingerprint density at radius 1 is 1.26 bits per heavy atom. The van der Waals surface area contributed by atoms with E-state index < -0.39 is 0 Å². The molecule has 1 aromatic rings. The molecule has 0 heterocycles. The monoisotopic (exact) mass is 262 g/mol. The normalized spacial score (nSPS) is 21.9. The lowest BCUT2D eigenvalue weighted by Gasteiger charge is -2.31. The van der Waals surface area contributed by atoms with E-state index in [4.69, 9.17) is 12.2 Å². The maximum atomic E-state index is 11.2. The number of allylic oxidation sites excluding steroid dienone is 6. The van der Waals surface area contributed by atoms with Gasteiger partial charge in [0.1, 0.15) is 5.94 Å². The highest BCUT2D eigenvalue weighted by Gasteiger charge is 2.30. The summed E-state index contributed by atoms with van der Waals surface area (Å²) in [6.45, 7) is 0. The molecule has 19 heavy (non-hydrogen) atoms. The molecule has 90 valence electrons. The molecule has 0 bridgehead atoms. The van der Waals surface area contributed by atoms with Crippen LogP contribution in [-0.2, 0) is 4.79 Å². The van der Waals surface area contributed by atoms with Crippen LogP contribution in [0.4, 0.5) is 0 Å². The van der Waals surface area contributed by atoms with Crippen molar-refractivity contribution >= 4 is 40.2 Å². The molecule has 2 heteroatoms. The van der Waals surface area contributed by atoms with E-state index in [2.05, 4.69) is 30.4 Å². The summed E-state index contributed by atoms with van der Waals surface area (Å²) >= 11 is 5.29.